The molecule has 594 valence electrons. The van der Waals surface area contributed by atoms with Gasteiger partial charge in [-0.15, -0.1) is 0 Å². The van der Waals surface area contributed by atoms with Gasteiger partial charge in [0.2, 0.25) is 0 Å². The van der Waals surface area contributed by atoms with Crippen molar-refractivity contribution in [1.29, 1.82) is 0 Å². The molecule has 0 aromatic carbocycles. The van der Waals surface area contributed by atoms with E-state index in [1.54, 1.807) is 0 Å². The maximum Gasteiger partial charge on any atom is 0.472 e. The molecule has 3 unspecified atom stereocenters. The van der Waals surface area contributed by atoms with Gasteiger partial charge in [-0.3, -0.25) is 37.3 Å². The lowest BCUT2D eigenvalue weighted by Gasteiger charge is -2.21. The van der Waals surface area contributed by atoms with Gasteiger partial charge >= 0.3 is 39.5 Å². The molecular formula is C81H158O17P2. The monoisotopic (exact) mass is 1470 g/mol. The zero-order valence-electron chi connectivity index (χ0n) is 65.8. The summed E-state index contributed by atoms with van der Waals surface area (Å²) >= 11 is 0. The van der Waals surface area contributed by atoms with E-state index < -0.39 is 97.5 Å². The molecular weight excluding hydrogens is 1310 g/mol. The number of phosphoric acid groups is 2. The Balaban J connectivity index is 5.25. The third-order valence-corrected chi connectivity index (χ3v) is 20.7. The second kappa shape index (κ2) is 70.1. The number of aliphatic hydroxyl groups is 1. The molecule has 0 aliphatic rings. The molecule has 19 heteroatoms. The summed E-state index contributed by atoms with van der Waals surface area (Å²) in [4.78, 5) is 73.0. The third kappa shape index (κ3) is 74.3. The summed E-state index contributed by atoms with van der Waals surface area (Å²) in [6.07, 6.45) is 56.9. The zero-order chi connectivity index (χ0) is 73.8. The molecule has 0 aromatic rings. The zero-order valence-corrected chi connectivity index (χ0v) is 67.6. The van der Waals surface area contributed by atoms with Crippen LogP contribution in [-0.2, 0) is 65.4 Å². The maximum absolute atomic E-state index is 13.1. The van der Waals surface area contributed by atoms with Gasteiger partial charge in [0, 0.05) is 25.7 Å². The van der Waals surface area contributed by atoms with Crippen LogP contribution < -0.4 is 0 Å². The van der Waals surface area contributed by atoms with Crippen LogP contribution >= 0.6 is 15.6 Å². The number of hydrogen-bond donors (Lipinski definition) is 3. The van der Waals surface area contributed by atoms with Crippen molar-refractivity contribution in [2.45, 2.75) is 433 Å². The van der Waals surface area contributed by atoms with Crippen molar-refractivity contribution in [3.8, 4) is 0 Å². The van der Waals surface area contributed by atoms with Crippen LogP contribution in [0.25, 0.3) is 0 Å². The van der Waals surface area contributed by atoms with Crippen LogP contribution in [-0.4, -0.2) is 96.7 Å². The largest absolute Gasteiger partial charge is 0.472 e. The molecule has 0 amide bonds. The number of phosphoric ester groups is 2. The van der Waals surface area contributed by atoms with Crippen molar-refractivity contribution in [3.05, 3.63) is 0 Å². The Bertz CT molecular complexity index is 1950. The molecule has 0 aromatic heterocycles. The number of ether oxygens (including phenoxy) is 4. The Labute approximate surface area is 613 Å². The van der Waals surface area contributed by atoms with E-state index in [2.05, 4.69) is 55.4 Å². The van der Waals surface area contributed by atoms with E-state index in [0.29, 0.717) is 31.6 Å². The van der Waals surface area contributed by atoms with Gasteiger partial charge in [-0.25, -0.2) is 9.13 Å². The normalized spacial score (nSPS) is 14.0. The second-order valence-electron chi connectivity index (χ2n) is 31.1. The second-order valence-corrected chi connectivity index (χ2v) is 34.0. The summed E-state index contributed by atoms with van der Waals surface area (Å²) in [5, 5.41) is 10.6. The highest BCUT2D eigenvalue weighted by Gasteiger charge is 2.30. The number of carbonyl (C=O) groups is 4. The minimum absolute atomic E-state index is 0.106. The summed E-state index contributed by atoms with van der Waals surface area (Å²) in [6, 6.07) is 0. The Morgan fingerprint density at radius 3 is 0.620 bits per heavy atom. The van der Waals surface area contributed by atoms with Gasteiger partial charge in [-0.2, -0.15) is 0 Å². The van der Waals surface area contributed by atoms with Crippen LogP contribution in [0.1, 0.15) is 415 Å². The maximum atomic E-state index is 13.1. The first kappa shape index (κ1) is 98.1. The Hall–Kier alpha value is -1.94. The first-order valence-corrected chi connectivity index (χ1v) is 44.7. The SMILES string of the molecule is CC(C)CCCCCCCCCCCCCCCCC(=O)OC[C@H](COP(=O)(O)OCC(O)COP(=O)(O)OC[C@@H](COC(=O)CCCCCCCCCC(C)C)OC(=O)CCCCCCCCCCCCCCCCC(C)C)OC(=O)CCCCCCCCCCCCCCCC(C)C. The molecule has 0 spiro atoms. The third-order valence-electron chi connectivity index (χ3n) is 18.8. The van der Waals surface area contributed by atoms with E-state index >= 15 is 0 Å². The fraction of sp³-hybridized carbons (Fsp3) is 0.951. The first-order valence-electron chi connectivity index (χ1n) is 41.7. The standard InChI is InChI=1S/C81H158O17P2/c1-71(2)57-49-41-33-26-20-14-9-11-17-23-29-37-45-53-61-78(83)91-67-76(97-80(85)64-56-48-39-31-25-19-13-16-22-28-35-43-51-59-73(5)6)69-95-99(87,88)93-65-75(82)66-94-100(89,90)96-70-77(68-92-79(84)62-54-46-40-32-36-44-52-60-74(7)8)98-81(86)63-55-47-38-30-24-18-12-10-15-21-27-34-42-50-58-72(3)4/h71-77,82H,9-70H2,1-8H3,(H,87,88)(H,89,90)/t75?,76-,77-/m1/s1. The van der Waals surface area contributed by atoms with Gasteiger partial charge in [-0.05, 0) is 49.4 Å². The van der Waals surface area contributed by atoms with Crippen LogP contribution in [0, 0.1) is 23.7 Å². The number of hydrogen-bond acceptors (Lipinski definition) is 15. The lowest BCUT2D eigenvalue weighted by molar-refractivity contribution is -0.161. The fourth-order valence-electron chi connectivity index (χ4n) is 12.4. The predicted molar refractivity (Wildman–Crippen MR) is 409 cm³/mol. The quantitative estimate of drug-likeness (QED) is 0.0222. The van der Waals surface area contributed by atoms with E-state index in [-0.39, 0.29) is 25.7 Å². The van der Waals surface area contributed by atoms with Crippen LogP contribution in [0.3, 0.4) is 0 Å². The Kier molecular flexibility index (Phi) is 68.7. The van der Waals surface area contributed by atoms with Crippen molar-refractivity contribution in [2.24, 2.45) is 23.7 Å². The summed E-state index contributed by atoms with van der Waals surface area (Å²) < 4.78 is 68.7. The van der Waals surface area contributed by atoms with Gasteiger partial charge in [0.1, 0.15) is 19.3 Å². The molecule has 0 radical (unpaired) electrons. The summed E-state index contributed by atoms with van der Waals surface area (Å²) in [7, 11) is -9.92. The molecule has 0 rings (SSSR count). The Morgan fingerprint density at radius 2 is 0.420 bits per heavy atom. The molecule has 0 fully saturated rings. The number of aliphatic hydroxyl groups excluding tert-OH is 1. The lowest BCUT2D eigenvalue weighted by Crippen LogP contribution is -2.30. The van der Waals surface area contributed by atoms with Crippen LogP contribution in [0.4, 0.5) is 0 Å². The van der Waals surface area contributed by atoms with Gasteiger partial charge in [0.05, 0.1) is 26.4 Å². The topological polar surface area (TPSA) is 237 Å². The highest BCUT2D eigenvalue weighted by Crippen LogP contribution is 2.45. The van der Waals surface area contributed by atoms with E-state index in [9.17, 15) is 43.2 Å². The smallest absolute Gasteiger partial charge is 0.462 e. The van der Waals surface area contributed by atoms with Gasteiger partial charge < -0.3 is 33.8 Å². The molecule has 0 saturated heterocycles. The molecule has 0 heterocycles. The van der Waals surface area contributed by atoms with Crippen molar-refractivity contribution in [2.75, 3.05) is 39.6 Å². The molecule has 17 nitrogen and oxygen atoms in total. The molecule has 0 saturated carbocycles. The van der Waals surface area contributed by atoms with E-state index in [1.807, 2.05) is 0 Å². The van der Waals surface area contributed by atoms with E-state index in [4.69, 9.17) is 37.0 Å². The molecule has 3 N–H and O–H groups in total. The van der Waals surface area contributed by atoms with Gasteiger partial charge in [-0.1, -0.05) is 364 Å². The minimum atomic E-state index is -4.96. The number of unbranched alkanes of at least 4 members (excludes halogenated alkanes) is 44. The van der Waals surface area contributed by atoms with Gasteiger partial charge in [0.25, 0.3) is 0 Å². The van der Waals surface area contributed by atoms with Crippen LogP contribution in [0.2, 0.25) is 0 Å². The summed E-state index contributed by atoms with van der Waals surface area (Å²) in [5.41, 5.74) is 0. The van der Waals surface area contributed by atoms with E-state index in [0.717, 1.165) is 114 Å². The lowest BCUT2D eigenvalue weighted by atomic mass is 10.0. The molecule has 100 heavy (non-hydrogen) atoms. The molecule has 0 bridgehead atoms. The average molecular weight is 1470 g/mol. The van der Waals surface area contributed by atoms with Crippen molar-refractivity contribution >= 4 is 39.5 Å². The fourth-order valence-corrected chi connectivity index (χ4v) is 14.0. The minimum Gasteiger partial charge on any atom is -0.462 e. The molecule has 0 aliphatic heterocycles. The van der Waals surface area contributed by atoms with Crippen LogP contribution in [0.15, 0.2) is 0 Å². The number of esters is 4. The van der Waals surface area contributed by atoms with Crippen molar-refractivity contribution in [3.63, 3.8) is 0 Å². The van der Waals surface area contributed by atoms with E-state index in [1.165, 1.54) is 212 Å². The predicted octanol–water partition coefficient (Wildman–Crippen LogP) is 24.0. The summed E-state index contributed by atoms with van der Waals surface area (Å²) in [5.74, 6) is 0.972. The molecule has 5 atom stereocenters. The Morgan fingerprint density at radius 1 is 0.250 bits per heavy atom. The average Bonchev–Trinajstić information content (AvgIpc) is 0.932. The number of rotatable bonds is 78. The highest BCUT2D eigenvalue weighted by molar-refractivity contribution is 7.47. The van der Waals surface area contributed by atoms with Crippen molar-refractivity contribution < 1.29 is 80.2 Å². The molecule has 0 aliphatic carbocycles. The van der Waals surface area contributed by atoms with Crippen LogP contribution in [0.5, 0.6) is 0 Å². The van der Waals surface area contributed by atoms with Crippen molar-refractivity contribution in [1.82, 2.24) is 0 Å². The number of carbonyl (C=O) groups excluding carboxylic acids is 4. The highest BCUT2D eigenvalue weighted by atomic mass is 31.2. The first-order chi connectivity index (χ1) is 48.1. The summed E-state index contributed by atoms with van der Waals surface area (Å²) in [6.45, 7) is 14.3. The van der Waals surface area contributed by atoms with Gasteiger partial charge in [0.15, 0.2) is 12.2 Å².